The van der Waals surface area contributed by atoms with Crippen molar-refractivity contribution in [3.05, 3.63) is 35.9 Å². The second kappa shape index (κ2) is 9.68. The topological polar surface area (TPSA) is 60.8 Å². The molecule has 4 heteroatoms. The van der Waals surface area contributed by atoms with E-state index in [9.17, 15) is 9.90 Å². The number of rotatable bonds is 9. The molecular formula is C19H29NO3. The molecule has 1 amide bonds. The standard InChI is InChI=1S/C19H29NO3/c21-14-5-4-13-20-17(9-6-10-19(20)23)11-12-18(22)15-16-7-2-1-3-8-16/h1-3,7-8,17-18,21-22H,4-6,9-15H2/t17-,18?/m1/s1. The summed E-state index contributed by atoms with van der Waals surface area (Å²) in [4.78, 5) is 14.1. The molecule has 128 valence electrons. The predicted octanol–water partition coefficient (Wildman–Crippen LogP) is 2.52. The third kappa shape index (κ3) is 5.96. The van der Waals surface area contributed by atoms with Gasteiger partial charge in [-0.25, -0.2) is 0 Å². The highest BCUT2D eigenvalue weighted by atomic mass is 16.3. The van der Waals surface area contributed by atoms with Crippen molar-refractivity contribution in [2.45, 2.75) is 63.5 Å². The van der Waals surface area contributed by atoms with E-state index in [1.807, 2.05) is 35.2 Å². The fourth-order valence-corrected chi connectivity index (χ4v) is 3.37. The minimum Gasteiger partial charge on any atom is -0.396 e. The first kappa shape index (κ1) is 18.0. The molecule has 2 atom stereocenters. The normalized spacial score (nSPS) is 19.8. The van der Waals surface area contributed by atoms with Crippen LogP contribution >= 0.6 is 0 Å². The van der Waals surface area contributed by atoms with Crippen molar-refractivity contribution in [3.63, 3.8) is 0 Å². The molecular weight excluding hydrogens is 290 g/mol. The minimum absolute atomic E-state index is 0.183. The van der Waals surface area contributed by atoms with Gasteiger partial charge >= 0.3 is 0 Å². The van der Waals surface area contributed by atoms with Crippen molar-refractivity contribution in [3.8, 4) is 0 Å². The molecule has 0 spiro atoms. The lowest BCUT2D eigenvalue weighted by Crippen LogP contribution is -2.44. The molecule has 23 heavy (non-hydrogen) atoms. The van der Waals surface area contributed by atoms with E-state index < -0.39 is 0 Å². The van der Waals surface area contributed by atoms with Crippen LogP contribution in [0.5, 0.6) is 0 Å². The van der Waals surface area contributed by atoms with Crippen LogP contribution in [0.2, 0.25) is 0 Å². The Balaban J connectivity index is 1.80. The molecule has 1 aromatic rings. The van der Waals surface area contributed by atoms with Gasteiger partial charge in [0.1, 0.15) is 0 Å². The van der Waals surface area contributed by atoms with Gasteiger partial charge in [0.25, 0.3) is 0 Å². The highest BCUT2D eigenvalue weighted by Gasteiger charge is 2.27. The molecule has 2 N–H and O–H groups in total. The molecule has 0 radical (unpaired) electrons. The SMILES string of the molecule is O=C1CCC[C@H](CCC(O)Cc2ccccc2)N1CCCCO. The van der Waals surface area contributed by atoms with Gasteiger partial charge in [-0.2, -0.15) is 0 Å². The molecule has 1 aliphatic rings. The molecule has 1 aliphatic heterocycles. The largest absolute Gasteiger partial charge is 0.396 e. The molecule has 1 unspecified atom stereocenters. The maximum absolute atomic E-state index is 12.1. The minimum atomic E-state index is -0.353. The van der Waals surface area contributed by atoms with Gasteiger partial charge in [0.15, 0.2) is 0 Å². The quantitative estimate of drug-likeness (QED) is 0.688. The van der Waals surface area contributed by atoms with Gasteiger partial charge < -0.3 is 15.1 Å². The van der Waals surface area contributed by atoms with Crippen LogP contribution in [0.4, 0.5) is 0 Å². The number of carbonyl (C=O) groups is 1. The highest BCUT2D eigenvalue weighted by Crippen LogP contribution is 2.23. The summed E-state index contributed by atoms with van der Waals surface area (Å²) in [5, 5.41) is 19.2. The maximum Gasteiger partial charge on any atom is 0.222 e. The number of hydrogen-bond donors (Lipinski definition) is 2. The Bertz CT molecular complexity index is 463. The monoisotopic (exact) mass is 319 g/mol. The maximum atomic E-state index is 12.1. The first-order valence-corrected chi connectivity index (χ1v) is 8.83. The zero-order valence-electron chi connectivity index (χ0n) is 13.9. The molecule has 0 saturated carbocycles. The number of likely N-dealkylation sites (tertiary alicyclic amines) is 1. The first-order chi connectivity index (χ1) is 11.2. The lowest BCUT2D eigenvalue weighted by atomic mass is 9.94. The molecule has 0 aromatic heterocycles. The number of benzene rings is 1. The Kier molecular flexibility index (Phi) is 7.56. The molecule has 0 bridgehead atoms. The molecule has 2 rings (SSSR count). The predicted molar refractivity (Wildman–Crippen MR) is 91.1 cm³/mol. The van der Waals surface area contributed by atoms with E-state index in [2.05, 4.69) is 0 Å². The molecule has 1 fully saturated rings. The summed E-state index contributed by atoms with van der Waals surface area (Å²) >= 11 is 0. The Morgan fingerprint density at radius 1 is 1.22 bits per heavy atom. The molecule has 1 saturated heterocycles. The number of aliphatic hydroxyl groups excluding tert-OH is 2. The lowest BCUT2D eigenvalue weighted by molar-refractivity contribution is -0.136. The summed E-state index contributed by atoms with van der Waals surface area (Å²) in [6.07, 6.45) is 6.13. The van der Waals surface area contributed by atoms with Crippen LogP contribution in [-0.4, -0.2) is 46.3 Å². The smallest absolute Gasteiger partial charge is 0.222 e. The van der Waals surface area contributed by atoms with Crippen LogP contribution < -0.4 is 0 Å². The Labute approximate surface area is 139 Å². The molecule has 4 nitrogen and oxygen atoms in total. The van der Waals surface area contributed by atoms with Gasteiger partial charge in [-0.15, -0.1) is 0 Å². The summed E-state index contributed by atoms with van der Waals surface area (Å²) in [6, 6.07) is 10.3. The number of amides is 1. The van der Waals surface area contributed by atoms with Crippen molar-refractivity contribution >= 4 is 5.91 Å². The third-order valence-electron chi connectivity index (χ3n) is 4.64. The Morgan fingerprint density at radius 2 is 2.00 bits per heavy atom. The average molecular weight is 319 g/mol. The van der Waals surface area contributed by atoms with Crippen LogP contribution in [0.1, 0.15) is 50.5 Å². The van der Waals surface area contributed by atoms with Crippen LogP contribution in [0.15, 0.2) is 30.3 Å². The molecule has 1 heterocycles. The van der Waals surface area contributed by atoms with Gasteiger partial charge in [-0.1, -0.05) is 30.3 Å². The summed E-state index contributed by atoms with van der Waals surface area (Å²) in [5.74, 6) is 0.233. The number of carbonyl (C=O) groups excluding carboxylic acids is 1. The van der Waals surface area contributed by atoms with Gasteiger partial charge in [0.05, 0.1) is 6.10 Å². The lowest BCUT2D eigenvalue weighted by Gasteiger charge is -2.36. The first-order valence-electron chi connectivity index (χ1n) is 8.83. The Hall–Kier alpha value is -1.39. The fraction of sp³-hybridized carbons (Fsp3) is 0.632. The summed E-state index contributed by atoms with van der Waals surface area (Å²) < 4.78 is 0. The van der Waals surface area contributed by atoms with Crippen molar-refractivity contribution < 1.29 is 15.0 Å². The van der Waals surface area contributed by atoms with Crippen molar-refractivity contribution in [1.29, 1.82) is 0 Å². The number of aliphatic hydroxyl groups is 2. The Morgan fingerprint density at radius 3 is 2.74 bits per heavy atom. The zero-order chi connectivity index (χ0) is 16.5. The van der Waals surface area contributed by atoms with Crippen molar-refractivity contribution in [1.82, 2.24) is 4.90 Å². The molecule has 1 aromatic carbocycles. The van der Waals surface area contributed by atoms with E-state index in [0.29, 0.717) is 12.8 Å². The summed E-state index contributed by atoms with van der Waals surface area (Å²) in [7, 11) is 0. The van der Waals surface area contributed by atoms with Crippen LogP contribution in [0, 0.1) is 0 Å². The summed E-state index contributed by atoms with van der Waals surface area (Å²) in [6.45, 7) is 0.918. The number of piperidine rings is 1. The van der Waals surface area contributed by atoms with E-state index in [-0.39, 0.29) is 24.7 Å². The van der Waals surface area contributed by atoms with Crippen LogP contribution in [0.3, 0.4) is 0 Å². The van der Waals surface area contributed by atoms with Crippen LogP contribution in [0.25, 0.3) is 0 Å². The van der Waals surface area contributed by atoms with E-state index in [1.165, 1.54) is 0 Å². The van der Waals surface area contributed by atoms with Gasteiger partial charge in [-0.3, -0.25) is 4.79 Å². The second-order valence-corrected chi connectivity index (χ2v) is 6.48. The van der Waals surface area contributed by atoms with E-state index >= 15 is 0 Å². The van der Waals surface area contributed by atoms with E-state index in [0.717, 1.165) is 50.6 Å². The summed E-state index contributed by atoms with van der Waals surface area (Å²) in [5.41, 5.74) is 1.15. The average Bonchev–Trinajstić information content (AvgIpc) is 2.56. The van der Waals surface area contributed by atoms with Gasteiger partial charge in [-0.05, 0) is 50.5 Å². The molecule has 0 aliphatic carbocycles. The van der Waals surface area contributed by atoms with Crippen molar-refractivity contribution in [2.24, 2.45) is 0 Å². The van der Waals surface area contributed by atoms with Gasteiger partial charge in [0.2, 0.25) is 5.91 Å². The second-order valence-electron chi connectivity index (χ2n) is 6.48. The number of hydrogen-bond acceptors (Lipinski definition) is 3. The number of nitrogens with zero attached hydrogens (tertiary/aromatic N) is 1. The van der Waals surface area contributed by atoms with Crippen molar-refractivity contribution in [2.75, 3.05) is 13.2 Å². The van der Waals surface area contributed by atoms with Gasteiger partial charge in [0, 0.05) is 25.6 Å². The fourth-order valence-electron chi connectivity index (χ4n) is 3.37. The number of unbranched alkanes of at least 4 members (excludes halogenated alkanes) is 1. The van der Waals surface area contributed by atoms with Crippen LogP contribution in [-0.2, 0) is 11.2 Å². The van der Waals surface area contributed by atoms with E-state index in [4.69, 9.17) is 5.11 Å². The van der Waals surface area contributed by atoms with E-state index in [1.54, 1.807) is 0 Å². The zero-order valence-corrected chi connectivity index (χ0v) is 13.9. The third-order valence-corrected chi connectivity index (χ3v) is 4.64. The highest BCUT2D eigenvalue weighted by molar-refractivity contribution is 5.77.